The number of fused-ring (bicyclic) bond motifs is 1. The molecule has 2 aromatic heterocycles. The Morgan fingerprint density at radius 3 is 2.55 bits per heavy atom. The molecule has 0 saturated heterocycles. The van der Waals surface area contributed by atoms with Gasteiger partial charge in [-0.3, -0.25) is 14.9 Å². The summed E-state index contributed by atoms with van der Waals surface area (Å²) in [6, 6.07) is 5.44. The van der Waals surface area contributed by atoms with Gasteiger partial charge in [-0.1, -0.05) is 35.5 Å². The minimum atomic E-state index is -0.452. The van der Waals surface area contributed by atoms with Crippen molar-refractivity contribution in [2.45, 2.75) is 59.9 Å². The minimum absolute atomic E-state index is 0.0604. The molecule has 33 heavy (non-hydrogen) atoms. The minimum Gasteiger partial charge on any atom is -0.493 e. The number of hydrogen-bond acceptors (Lipinski definition) is 6. The maximum Gasteiger partial charge on any atom is 0.401 e. The number of hydrogen-bond donors (Lipinski definition) is 1. The van der Waals surface area contributed by atoms with Crippen LogP contribution < -0.4 is 19.9 Å². The first-order valence-electron chi connectivity index (χ1n) is 11.1. The van der Waals surface area contributed by atoms with Gasteiger partial charge >= 0.3 is 5.95 Å². The monoisotopic (exact) mass is 458 g/mol. The fourth-order valence-electron chi connectivity index (χ4n) is 3.39. The van der Waals surface area contributed by atoms with Gasteiger partial charge < -0.3 is 9.47 Å². The van der Waals surface area contributed by atoms with Gasteiger partial charge in [-0.25, -0.2) is 0 Å². The molecule has 0 bridgehead atoms. The molecule has 0 unspecified atom stereocenters. The zero-order valence-electron chi connectivity index (χ0n) is 20.2. The van der Waals surface area contributed by atoms with Crippen LogP contribution in [-0.2, 0) is 12.0 Å². The highest BCUT2D eigenvalue weighted by molar-refractivity contribution is 5.95. The van der Waals surface area contributed by atoms with Crippen molar-refractivity contribution in [1.82, 2.24) is 14.7 Å². The van der Waals surface area contributed by atoms with Gasteiger partial charge in [-0.05, 0) is 49.9 Å². The van der Waals surface area contributed by atoms with Crippen LogP contribution in [0.3, 0.4) is 0 Å². The molecule has 2 N–H and O–H groups in total. The molecule has 0 aliphatic carbocycles. The number of nitrogens with two attached hydrogens (primary N) is 1. The molecule has 0 radical (unpaired) electrons. The van der Waals surface area contributed by atoms with E-state index in [1.807, 2.05) is 32.9 Å². The predicted octanol–water partition coefficient (Wildman–Crippen LogP) is 3.53. The molecular weight excluding hydrogens is 425 g/mol. The Balaban J connectivity index is 1.97. The Hall–Kier alpha value is -3.23. The van der Waals surface area contributed by atoms with E-state index in [-0.39, 0.29) is 30.3 Å². The van der Waals surface area contributed by atoms with Crippen LogP contribution in [0.2, 0.25) is 0 Å². The van der Waals surface area contributed by atoms with Gasteiger partial charge in [0, 0.05) is 23.1 Å². The van der Waals surface area contributed by atoms with Crippen molar-refractivity contribution in [3.8, 4) is 11.6 Å². The fraction of sp³-hybridized carbons (Fsp3) is 0.500. The lowest BCUT2D eigenvalue weighted by atomic mass is 9.85. The van der Waals surface area contributed by atoms with Gasteiger partial charge in [0.25, 0.3) is 5.65 Å². The maximum absolute atomic E-state index is 13.2. The number of nitrogen functional groups attached to an aromatic ring is 1. The topological polar surface area (TPSA) is 95.6 Å². The van der Waals surface area contributed by atoms with E-state index in [1.54, 1.807) is 6.07 Å². The summed E-state index contributed by atoms with van der Waals surface area (Å²) >= 11 is 0. The third kappa shape index (κ3) is 5.23. The normalized spacial score (nSPS) is 11.7. The first kappa shape index (κ1) is 24.4. The molecule has 8 nitrogen and oxygen atoms in total. The molecule has 1 aromatic carbocycles. The van der Waals surface area contributed by atoms with Crippen molar-refractivity contribution >= 4 is 17.4 Å². The summed E-state index contributed by atoms with van der Waals surface area (Å²) in [7, 11) is 0. The molecule has 0 saturated carbocycles. The highest BCUT2D eigenvalue weighted by Crippen LogP contribution is 2.28. The summed E-state index contributed by atoms with van der Waals surface area (Å²) in [6.45, 7) is 12.1. The number of benzene rings is 1. The lowest BCUT2D eigenvalue weighted by Crippen LogP contribution is -2.42. The predicted molar refractivity (Wildman–Crippen MR) is 124 cm³/mol. The van der Waals surface area contributed by atoms with Crippen molar-refractivity contribution in [1.29, 1.82) is 0 Å². The largest absolute Gasteiger partial charge is 0.493 e. The van der Waals surface area contributed by atoms with E-state index in [1.165, 1.54) is 9.20 Å². The summed E-state index contributed by atoms with van der Waals surface area (Å²) in [5, 5.41) is 8.99. The van der Waals surface area contributed by atoms with Crippen LogP contribution in [0, 0.1) is 13.8 Å². The quantitative estimate of drug-likeness (QED) is 0.299. The molecule has 3 rings (SSSR count). The molecule has 0 atom stereocenters. The Morgan fingerprint density at radius 1 is 1.18 bits per heavy atom. The van der Waals surface area contributed by atoms with Crippen LogP contribution in [0.15, 0.2) is 18.2 Å². The number of alkyl halides is 1. The van der Waals surface area contributed by atoms with E-state index in [2.05, 4.69) is 31.0 Å². The van der Waals surface area contributed by atoms with Crippen LogP contribution in [0.4, 0.5) is 10.3 Å². The van der Waals surface area contributed by atoms with E-state index >= 15 is 0 Å². The zero-order chi connectivity index (χ0) is 24.3. The summed E-state index contributed by atoms with van der Waals surface area (Å²) in [4.78, 5) is 13.2. The SMILES string of the molecule is CCOc1nn2c(N)[n+](CC(=O)c3cc(OCCCF)cc(C(C)(C)C)c3)nc2c(C)c1C. The van der Waals surface area contributed by atoms with E-state index in [4.69, 9.17) is 15.2 Å². The van der Waals surface area contributed by atoms with Crippen molar-refractivity contribution in [2.75, 3.05) is 25.6 Å². The fourth-order valence-corrected chi connectivity index (χ4v) is 3.39. The van der Waals surface area contributed by atoms with Gasteiger partial charge in [0.1, 0.15) is 5.75 Å². The third-order valence-electron chi connectivity index (χ3n) is 5.52. The van der Waals surface area contributed by atoms with E-state index in [0.29, 0.717) is 35.9 Å². The zero-order valence-corrected chi connectivity index (χ0v) is 20.2. The number of Topliss-reactive ketones (excluding diaryl/α,β-unsaturated/α-hetero) is 1. The molecule has 2 heterocycles. The molecule has 0 spiro atoms. The second kappa shape index (κ2) is 9.72. The number of aryl methyl sites for hydroxylation is 1. The molecular formula is C24H33FN5O3+. The molecule has 178 valence electrons. The Kier molecular flexibility index (Phi) is 7.19. The number of rotatable bonds is 9. The lowest BCUT2D eigenvalue weighted by molar-refractivity contribution is -0.723. The number of ether oxygens (including phenoxy) is 2. The smallest absolute Gasteiger partial charge is 0.401 e. The van der Waals surface area contributed by atoms with Crippen LogP contribution >= 0.6 is 0 Å². The van der Waals surface area contributed by atoms with Crippen LogP contribution in [0.1, 0.15) is 61.2 Å². The van der Waals surface area contributed by atoms with Crippen LogP contribution in [0.25, 0.3) is 5.65 Å². The number of aromatic nitrogens is 4. The molecule has 0 fully saturated rings. The second-order valence-corrected chi connectivity index (χ2v) is 9.05. The molecule has 0 amide bonds. The maximum atomic E-state index is 13.2. The van der Waals surface area contributed by atoms with Crippen LogP contribution in [0.5, 0.6) is 11.6 Å². The Morgan fingerprint density at radius 2 is 1.91 bits per heavy atom. The van der Waals surface area contributed by atoms with Crippen molar-refractivity contribution < 1.29 is 23.3 Å². The third-order valence-corrected chi connectivity index (χ3v) is 5.52. The number of ketones is 1. The van der Waals surface area contributed by atoms with Gasteiger partial charge in [0.2, 0.25) is 5.88 Å². The van der Waals surface area contributed by atoms with E-state index < -0.39 is 6.67 Å². The van der Waals surface area contributed by atoms with Crippen LogP contribution in [-0.4, -0.2) is 40.4 Å². The first-order valence-corrected chi connectivity index (χ1v) is 11.1. The highest BCUT2D eigenvalue weighted by Gasteiger charge is 2.25. The van der Waals surface area contributed by atoms with Crippen molar-refractivity contribution in [3.05, 3.63) is 40.5 Å². The number of nitrogens with zero attached hydrogens (tertiary/aromatic N) is 4. The summed E-state index contributed by atoms with van der Waals surface area (Å²) in [5.74, 6) is 1.09. The average molecular weight is 459 g/mol. The molecule has 3 aromatic rings. The average Bonchev–Trinajstić information content (AvgIpc) is 3.07. The molecule has 0 aliphatic rings. The number of halogens is 1. The van der Waals surface area contributed by atoms with Gasteiger partial charge in [0.15, 0.2) is 12.3 Å². The Bertz CT molecular complexity index is 1170. The highest BCUT2D eigenvalue weighted by atomic mass is 19.1. The molecule has 0 aliphatic heterocycles. The van der Waals surface area contributed by atoms with Crippen molar-refractivity contribution in [3.63, 3.8) is 0 Å². The van der Waals surface area contributed by atoms with Gasteiger partial charge in [0.05, 0.1) is 19.9 Å². The number of anilines is 1. The first-order chi connectivity index (χ1) is 15.6. The van der Waals surface area contributed by atoms with Gasteiger partial charge in [-0.2, -0.15) is 0 Å². The lowest BCUT2D eigenvalue weighted by Gasteiger charge is -2.21. The standard InChI is InChI=1S/C24H32FN5O3/c1-7-32-22-16(3)15(2)21-27-29(23(26)30(21)28-22)14-20(31)17-11-18(24(4,5)6)13-19(12-17)33-10-8-9-25/h11-13,26H,7-10,14H2,1-6H3/p+1. The summed E-state index contributed by atoms with van der Waals surface area (Å²) < 4.78 is 26.7. The van der Waals surface area contributed by atoms with E-state index in [0.717, 1.165) is 16.7 Å². The summed E-state index contributed by atoms with van der Waals surface area (Å²) in [6.07, 6.45) is 0.298. The summed E-state index contributed by atoms with van der Waals surface area (Å²) in [5.41, 5.74) is 9.85. The second-order valence-electron chi connectivity index (χ2n) is 9.05. The molecule has 9 heteroatoms. The van der Waals surface area contributed by atoms with E-state index in [9.17, 15) is 9.18 Å². The number of carbonyl (C=O) groups excluding carboxylic acids is 1. The Labute approximate surface area is 193 Å². The number of carbonyl (C=O) groups is 1. The van der Waals surface area contributed by atoms with Gasteiger partial charge in [-0.15, -0.1) is 4.68 Å². The van der Waals surface area contributed by atoms with Crippen molar-refractivity contribution in [2.24, 2.45) is 0 Å².